The molecule has 1 fully saturated rings. The first-order valence-corrected chi connectivity index (χ1v) is 8.82. The molecule has 1 unspecified atom stereocenters. The SMILES string of the molecule is Cc1ccccc1C(c1ccc2ccccc2c1)N1CCNCC1. The molecular weight excluding hydrogens is 292 g/mol. The van der Waals surface area contributed by atoms with Gasteiger partial charge in [0.1, 0.15) is 0 Å². The number of nitrogens with zero attached hydrogens (tertiary/aromatic N) is 1. The normalized spacial score (nSPS) is 17.0. The van der Waals surface area contributed by atoms with E-state index in [1.54, 1.807) is 0 Å². The molecule has 1 aliphatic heterocycles. The van der Waals surface area contributed by atoms with E-state index in [0.717, 1.165) is 26.2 Å². The van der Waals surface area contributed by atoms with Gasteiger partial charge < -0.3 is 5.32 Å². The Morgan fingerprint density at radius 2 is 1.54 bits per heavy atom. The third-order valence-corrected chi connectivity index (χ3v) is 5.09. The van der Waals surface area contributed by atoms with Crippen LogP contribution in [0.2, 0.25) is 0 Å². The van der Waals surface area contributed by atoms with Crippen LogP contribution in [0.15, 0.2) is 66.7 Å². The highest BCUT2D eigenvalue weighted by Crippen LogP contribution is 2.32. The Bertz CT molecular complexity index is 834. The van der Waals surface area contributed by atoms with Gasteiger partial charge in [-0.2, -0.15) is 0 Å². The predicted octanol–water partition coefficient (Wildman–Crippen LogP) is 4.14. The molecule has 2 heteroatoms. The Morgan fingerprint density at radius 3 is 2.33 bits per heavy atom. The fraction of sp³-hybridized carbons (Fsp3) is 0.273. The average molecular weight is 316 g/mol. The Morgan fingerprint density at radius 1 is 0.833 bits per heavy atom. The Kier molecular flexibility index (Phi) is 4.33. The zero-order chi connectivity index (χ0) is 16.4. The summed E-state index contributed by atoms with van der Waals surface area (Å²) >= 11 is 0. The predicted molar refractivity (Wildman–Crippen MR) is 101 cm³/mol. The lowest BCUT2D eigenvalue weighted by atomic mass is 9.92. The van der Waals surface area contributed by atoms with Gasteiger partial charge in [-0.15, -0.1) is 0 Å². The first kappa shape index (κ1) is 15.4. The first-order chi connectivity index (χ1) is 11.8. The van der Waals surface area contributed by atoms with E-state index >= 15 is 0 Å². The Labute approximate surface area is 144 Å². The number of fused-ring (bicyclic) bond motifs is 1. The van der Waals surface area contributed by atoms with Crippen molar-refractivity contribution in [3.8, 4) is 0 Å². The highest BCUT2D eigenvalue weighted by Gasteiger charge is 2.25. The van der Waals surface area contributed by atoms with Crippen LogP contribution in [0.25, 0.3) is 10.8 Å². The number of nitrogens with one attached hydrogen (secondary N) is 1. The van der Waals surface area contributed by atoms with Gasteiger partial charge in [-0.1, -0.05) is 60.7 Å². The van der Waals surface area contributed by atoms with Crippen molar-refractivity contribution in [2.45, 2.75) is 13.0 Å². The third-order valence-electron chi connectivity index (χ3n) is 5.09. The highest BCUT2D eigenvalue weighted by atomic mass is 15.2. The number of benzene rings is 3. The van der Waals surface area contributed by atoms with Gasteiger partial charge in [0.05, 0.1) is 6.04 Å². The van der Waals surface area contributed by atoms with Gasteiger partial charge in [0.25, 0.3) is 0 Å². The lowest BCUT2D eigenvalue weighted by molar-refractivity contribution is 0.198. The van der Waals surface area contributed by atoms with Gasteiger partial charge in [-0.05, 0) is 40.5 Å². The van der Waals surface area contributed by atoms with E-state index in [0.29, 0.717) is 6.04 Å². The van der Waals surface area contributed by atoms with Gasteiger partial charge in [0, 0.05) is 26.2 Å². The second-order valence-corrected chi connectivity index (χ2v) is 6.65. The third kappa shape index (κ3) is 2.95. The van der Waals surface area contributed by atoms with Crippen LogP contribution in [-0.4, -0.2) is 31.1 Å². The maximum Gasteiger partial charge on any atom is 0.0605 e. The minimum absolute atomic E-state index is 0.331. The highest BCUT2D eigenvalue weighted by molar-refractivity contribution is 5.83. The summed E-state index contributed by atoms with van der Waals surface area (Å²) in [6, 6.07) is 24.7. The second kappa shape index (κ2) is 6.76. The fourth-order valence-corrected chi connectivity index (χ4v) is 3.80. The van der Waals surface area contributed by atoms with Crippen molar-refractivity contribution in [3.05, 3.63) is 83.4 Å². The summed E-state index contributed by atoms with van der Waals surface area (Å²) in [7, 11) is 0. The summed E-state index contributed by atoms with van der Waals surface area (Å²) in [4.78, 5) is 2.61. The summed E-state index contributed by atoms with van der Waals surface area (Å²) in [5, 5.41) is 6.11. The number of piperazine rings is 1. The molecule has 1 saturated heterocycles. The van der Waals surface area contributed by atoms with Crippen molar-refractivity contribution < 1.29 is 0 Å². The van der Waals surface area contributed by atoms with Crippen LogP contribution in [-0.2, 0) is 0 Å². The minimum atomic E-state index is 0.331. The quantitative estimate of drug-likeness (QED) is 0.781. The Hall–Kier alpha value is -2.16. The molecule has 1 heterocycles. The van der Waals surface area contributed by atoms with E-state index in [1.807, 2.05) is 0 Å². The van der Waals surface area contributed by atoms with Gasteiger partial charge in [-0.25, -0.2) is 0 Å². The molecule has 4 rings (SSSR count). The molecule has 1 aliphatic rings. The van der Waals surface area contributed by atoms with Crippen molar-refractivity contribution in [2.75, 3.05) is 26.2 Å². The summed E-state index contributed by atoms with van der Waals surface area (Å²) < 4.78 is 0. The molecule has 1 N–H and O–H groups in total. The summed E-state index contributed by atoms with van der Waals surface area (Å²) in [5.74, 6) is 0. The molecule has 0 radical (unpaired) electrons. The smallest absolute Gasteiger partial charge is 0.0605 e. The van der Waals surface area contributed by atoms with Gasteiger partial charge >= 0.3 is 0 Å². The van der Waals surface area contributed by atoms with Crippen molar-refractivity contribution >= 4 is 10.8 Å². The molecule has 0 saturated carbocycles. The maximum atomic E-state index is 3.48. The molecular formula is C22H24N2. The van der Waals surface area contributed by atoms with E-state index in [9.17, 15) is 0 Å². The van der Waals surface area contributed by atoms with Crippen LogP contribution in [0, 0.1) is 6.92 Å². The lowest BCUT2D eigenvalue weighted by Gasteiger charge is -2.36. The number of rotatable bonds is 3. The van der Waals surface area contributed by atoms with Crippen LogP contribution < -0.4 is 5.32 Å². The largest absolute Gasteiger partial charge is 0.314 e. The van der Waals surface area contributed by atoms with Crippen molar-refractivity contribution in [3.63, 3.8) is 0 Å². The van der Waals surface area contributed by atoms with Gasteiger partial charge in [-0.3, -0.25) is 4.90 Å². The molecule has 0 bridgehead atoms. The number of aryl methyl sites for hydroxylation is 1. The molecule has 1 atom stereocenters. The second-order valence-electron chi connectivity index (χ2n) is 6.65. The van der Waals surface area contributed by atoms with Crippen LogP contribution in [0.3, 0.4) is 0 Å². The summed E-state index contributed by atoms with van der Waals surface area (Å²) in [6.45, 7) is 6.54. The van der Waals surface area contributed by atoms with E-state index in [-0.39, 0.29) is 0 Å². The molecule has 122 valence electrons. The van der Waals surface area contributed by atoms with E-state index in [4.69, 9.17) is 0 Å². The summed E-state index contributed by atoms with van der Waals surface area (Å²) in [5.41, 5.74) is 4.19. The van der Waals surface area contributed by atoms with Crippen molar-refractivity contribution in [1.29, 1.82) is 0 Å². The lowest BCUT2D eigenvalue weighted by Crippen LogP contribution is -2.45. The first-order valence-electron chi connectivity index (χ1n) is 8.82. The number of hydrogen-bond donors (Lipinski definition) is 1. The fourth-order valence-electron chi connectivity index (χ4n) is 3.80. The van der Waals surface area contributed by atoms with Crippen LogP contribution >= 0.6 is 0 Å². The minimum Gasteiger partial charge on any atom is -0.314 e. The summed E-state index contributed by atoms with van der Waals surface area (Å²) in [6.07, 6.45) is 0. The Balaban J connectivity index is 1.82. The zero-order valence-corrected chi connectivity index (χ0v) is 14.2. The van der Waals surface area contributed by atoms with Crippen molar-refractivity contribution in [1.82, 2.24) is 10.2 Å². The van der Waals surface area contributed by atoms with E-state index in [2.05, 4.69) is 83.9 Å². The topological polar surface area (TPSA) is 15.3 Å². The molecule has 3 aromatic rings. The molecule has 0 aromatic heterocycles. The van der Waals surface area contributed by atoms with E-state index < -0.39 is 0 Å². The van der Waals surface area contributed by atoms with E-state index in [1.165, 1.54) is 27.5 Å². The zero-order valence-electron chi connectivity index (χ0n) is 14.2. The van der Waals surface area contributed by atoms with Gasteiger partial charge in [0.15, 0.2) is 0 Å². The van der Waals surface area contributed by atoms with Crippen molar-refractivity contribution in [2.24, 2.45) is 0 Å². The molecule has 0 amide bonds. The van der Waals surface area contributed by atoms with Crippen LogP contribution in [0.5, 0.6) is 0 Å². The maximum absolute atomic E-state index is 3.48. The molecule has 2 nitrogen and oxygen atoms in total. The molecule has 0 aliphatic carbocycles. The van der Waals surface area contributed by atoms with Crippen LogP contribution in [0.4, 0.5) is 0 Å². The van der Waals surface area contributed by atoms with Gasteiger partial charge in [0.2, 0.25) is 0 Å². The monoisotopic (exact) mass is 316 g/mol. The standard InChI is InChI=1S/C22H24N2/c1-17-6-2-5-9-21(17)22(24-14-12-23-13-15-24)20-11-10-18-7-3-4-8-19(18)16-20/h2-11,16,22-23H,12-15H2,1H3. The molecule has 3 aromatic carbocycles. The average Bonchev–Trinajstić information content (AvgIpc) is 2.64. The molecule has 24 heavy (non-hydrogen) atoms. The molecule has 0 spiro atoms. The van der Waals surface area contributed by atoms with Crippen LogP contribution in [0.1, 0.15) is 22.7 Å². The number of hydrogen-bond acceptors (Lipinski definition) is 2.